The number of thiophene rings is 1. The van der Waals surface area contributed by atoms with Gasteiger partial charge >= 0.3 is 0 Å². The molecule has 0 spiro atoms. The molecule has 2 rings (SSSR count). The van der Waals surface area contributed by atoms with E-state index >= 15 is 0 Å². The molecule has 0 saturated heterocycles. The van der Waals surface area contributed by atoms with Crippen LogP contribution in [0, 0.1) is 5.92 Å². The maximum absolute atomic E-state index is 12.4. The lowest BCUT2D eigenvalue weighted by Crippen LogP contribution is -2.49. The second-order valence-corrected chi connectivity index (χ2v) is 8.88. The number of sulfonamides is 1. The highest BCUT2D eigenvalue weighted by Crippen LogP contribution is 2.18. The predicted molar refractivity (Wildman–Crippen MR) is 96.6 cm³/mol. The Morgan fingerprint density at radius 3 is 2.50 bits per heavy atom. The van der Waals surface area contributed by atoms with E-state index in [4.69, 9.17) is 11.6 Å². The third kappa shape index (κ3) is 4.80. The van der Waals surface area contributed by atoms with Crippen molar-refractivity contribution in [2.24, 2.45) is 5.92 Å². The van der Waals surface area contributed by atoms with Gasteiger partial charge in [0.1, 0.15) is 10.3 Å². The van der Waals surface area contributed by atoms with E-state index in [1.165, 1.54) is 6.07 Å². The van der Waals surface area contributed by atoms with E-state index in [0.29, 0.717) is 5.02 Å². The minimum atomic E-state index is -3.72. The second-order valence-electron chi connectivity index (χ2n) is 5.58. The predicted octanol–water partition coefficient (Wildman–Crippen LogP) is 3.02. The van der Waals surface area contributed by atoms with Crippen molar-refractivity contribution in [1.29, 1.82) is 0 Å². The van der Waals surface area contributed by atoms with Crippen LogP contribution in [0.3, 0.4) is 0 Å². The summed E-state index contributed by atoms with van der Waals surface area (Å²) in [5, 5.41) is 4.97. The molecule has 2 aromatic rings. The van der Waals surface area contributed by atoms with Gasteiger partial charge in [-0.25, -0.2) is 8.42 Å². The molecule has 24 heavy (non-hydrogen) atoms. The van der Waals surface area contributed by atoms with Crippen molar-refractivity contribution in [2.75, 3.05) is 0 Å². The summed E-state index contributed by atoms with van der Waals surface area (Å²) in [5.74, 6) is -0.587. The highest BCUT2D eigenvalue weighted by atomic mass is 35.5. The van der Waals surface area contributed by atoms with Crippen LogP contribution < -0.4 is 10.0 Å². The van der Waals surface area contributed by atoms with Crippen LogP contribution in [0.15, 0.2) is 46.0 Å². The highest BCUT2D eigenvalue weighted by Gasteiger charge is 2.28. The standard InChI is InChI=1S/C16H19ClN2O3S2/c1-11(2)15(19-24(21,22)14-8-5-9-23-14)16(20)18-10-12-6-3-4-7-13(12)17/h3-9,11,15,19H,10H2,1-2H3,(H,18,20)/t15-/m0/s1. The summed E-state index contributed by atoms with van der Waals surface area (Å²) >= 11 is 7.17. The first kappa shape index (κ1) is 18.9. The molecule has 0 unspecified atom stereocenters. The van der Waals surface area contributed by atoms with E-state index in [9.17, 15) is 13.2 Å². The van der Waals surface area contributed by atoms with Crippen LogP contribution in [0.4, 0.5) is 0 Å². The fourth-order valence-corrected chi connectivity index (χ4v) is 4.62. The van der Waals surface area contributed by atoms with Gasteiger partial charge in [0.05, 0.1) is 0 Å². The zero-order valence-corrected chi connectivity index (χ0v) is 15.7. The Balaban J connectivity index is 2.07. The van der Waals surface area contributed by atoms with E-state index in [0.717, 1.165) is 16.9 Å². The molecular weight excluding hydrogens is 368 g/mol. The van der Waals surface area contributed by atoms with Crippen LogP contribution in [-0.2, 0) is 21.4 Å². The quantitative estimate of drug-likeness (QED) is 0.768. The summed E-state index contributed by atoms with van der Waals surface area (Å²) in [7, 11) is -3.72. The summed E-state index contributed by atoms with van der Waals surface area (Å²) in [4.78, 5) is 12.4. The van der Waals surface area contributed by atoms with Crippen LogP contribution in [0.2, 0.25) is 5.02 Å². The number of halogens is 1. The van der Waals surface area contributed by atoms with Crippen LogP contribution in [-0.4, -0.2) is 20.4 Å². The lowest BCUT2D eigenvalue weighted by Gasteiger charge is -2.21. The smallest absolute Gasteiger partial charge is 0.250 e. The van der Waals surface area contributed by atoms with Gasteiger partial charge in [-0.2, -0.15) is 4.72 Å². The Bertz CT molecular complexity index is 789. The van der Waals surface area contributed by atoms with Crippen molar-refractivity contribution in [3.8, 4) is 0 Å². The number of amides is 1. The Morgan fingerprint density at radius 2 is 1.92 bits per heavy atom. The Hall–Kier alpha value is -1.41. The van der Waals surface area contributed by atoms with Crippen molar-refractivity contribution in [1.82, 2.24) is 10.0 Å². The van der Waals surface area contributed by atoms with Gasteiger partial charge in [0.2, 0.25) is 5.91 Å². The molecule has 1 aromatic heterocycles. The Morgan fingerprint density at radius 1 is 1.21 bits per heavy atom. The molecule has 1 aromatic carbocycles. The van der Waals surface area contributed by atoms with Gasteiger partial charge in [0.25, 0.3) is 10.0 Å². The molecule has 1 heterocycles. The fourth-order valence-electron chi connectivity index (χ4n) is 2.07. The normalized spacial score (nSPS) is 13.0. The van der Waals surface area contributed by atoms with E-state index in [1.54, 1.807) is 37.4 Å². The minimum absolute atomic E-state index is 0.187. The highest BCUT2D eigenvalue weighted by molar-refractivity contribution is 7.91. The maximum atomic E-state index is 12.4. The molecule has 0 aliphatic carbocycles. The van der Waals surface area contributed by atoms with Crippen LogP contribution >= 0.6 is 22.9 Å². The molecule has 0 bridgehead atoms. The van der Waals surface area contributed by atoms with E-state index in [1.807, 2.05) is 12.1 Å². The monoisotopic (exact) mass is 386 g/mol. The molecule has 2 N–H and O–H groups in total. The first-order chi connectivity index (χ1) is 11.3. The summed E-state index contributed by atoms with van der Waals surface area (Å²) < 4.78 is 27.3. The van der Waals surface area contributed by atoms with Crippen LogP contribution in [0.25, 0.3) is 0 Å². The van der Waals surface area contributed by atoms with Crippen molar-refractivity contribution >= 4 is 38.9 Å². The van der Waals surface area contributed by atoms with Gasteiger partial charge in [0.15, 0.2) is 0 Å². The number of hydrogen-bond acceptors (Lipinski definition) is 4. The molecule has 1 atom stereocenters. The van der Waals surface area contributed by atoms with Gasteiger partial charge in [-0.1, -0.05) is 49.7 Å². The second kappa shape index (κ2) is 8.11. The van der Waals surface area contributed by atoms with Crippen molar-refractivity contribution < 1.29 is 13.2 Å². The molecule has 0 aliphatic rings. The molecule has 1 amide bonds. The van der Waals surface area contributed by atoms with Crippen molar-refractivity contribution in [2.45, 2.75) is 30.6 Å². The number of rotatable bonds is 7. The zero-order chi connectivity index (χ0) is 17.7. The molecule has 0 fully saturated rings. The van der Waals surface area contributed by atoms with E-state index in [2.05, 4.69) is 10.0 Å². The topological polar surface area (TPSA) is 75.3 Å². The van der Waals surface area contributed by atoms with Crippen molar-refractivity contribution in [3.05, 3.63) is 52.4 Å². The third-order valence-corrected chi connectivity index (χ3v) is 6.61. The molecule has 5 nitrogen and oxygen atoms in total. The third-order valence-electron chi connectivity index (χ3n) is 3.40. The molecule has 0 aliphatic heterocycles. The first-order valence-electron chi connectivity index (χ1n) is 7.38. The van der Waals surface area contributed by atoms with Gasteiger partial charge in [-0.05, 0) is 29.0 Å². The fraction of sp³-hybridized carbons (Fsp3) is 0.312. The molecule has 8 heteroatoms. The zero-order valence-electron chi connectivity index (χ0n) is 13.3. The first-order valence-corrected chi connectivity index (χ1v) is 10.1. The number of hydrogen-bond donors (Lipinski definition) is 2. The SMILES string of the molecule is CC(C)[C@H](NS(=O)(=O)c1cccs1)C(=O)NCc1ccccc1Cl. The Kier molecular flexibility index (Phi) is 6.40. The average Bonchev–Trinajstić information content (AvgIpc) is 3.06. The number of carbonyl (C=O) groups is 1. The van der Waals surface area contributed by atoms with E-state index in [-0.39, 0.29) is 22.6 Å². The largest absolute Gasteiger partial charge is 0.351 e. The van der Waals surface area contributed by atoms with E-state index < -0.39 is 16.1 Å². The number of benzene rings is 1. The maximum Gasteiger partial charge on any atom is 0.250 e. The lowest BCUT2D eigenvalue weighted by atomic mass is 10.0. The minimum Gasteiger partial charge on any atom is -0.351 e. The van der Waals surface area contributed by atoms with Crippen LogP contribution in [0.1, 0.15) is 19.4 Å². The van der Waals surface area contributed by atoms with Gasteiger partial charge in [-0.15, -0.1) is 11.3 Å². The lowest BCUT2D eigenvalue weighted by molar-refractivity contribution is -0.123. The summed E-state index contributed by atoms with van der Waals surface area (Å²) in [5.41, 5.74) is 0.774. The summed E-state index contributed by atoms with van der Waals surface area (Å²) in [6.07, 6.45) is 0. The molecule has 0 saturated carbocycles. The van der Waals surface area contributed by atoms with Gasteiger partial charge in [-0.3, -0.25) is 4.79 Å². The molecular formula is C16H19ClN2O3S2. The molecule has 0 radical (unpaired) electrons. The molecule has 130 valence electrons. The summed E-state index contributed by atoms with van der Waals surface area (Å²) in [6.45, 7) is 3.82. The number of nitrogens with one attached hydrogen (secondary N) is 2. The average molecular weight is 387 g/mol. The van der Waals surface area contributed by atoms with Crippen molar-refractivity contribution in [3.63, 3.8) is 0 Å². The van der Waals surface area contributed by atoms with Gasteiger partial charge in [0, 0.05) is 11.6 Å². The Labute approximate surface area is 151 Å². The van der Waals surface area contributed by atoms with Gasteiger partial charge < -0.3 is 5.32 Å². The van der Waals surface area contributed by atoms with Crippen LogP contribution in [0.5, 0.6) is 0 Å². The number of carbonyl (C=O) groups excluding carboxylic acids is 1. The summed E-state index contributed by atoms with van der Waals surface area (Å²) in [6, 6.07) is 9.48.